The van der Waals surface area contributed by atoms with Crippen LogP contribution in [-0.2, 0) is 16.1 Å². The van der Waals surface area contributed by atoms with E-state index in [1.165, 1.54) is 13.5 Å². The minimum atomic E-state index is -0.165. The van der Waals surface area contributed by atoms with Gasteiger partial charge in [-0.15, -0.1) is 0 Å². The Hall–Kier alpha value is -3.49. The van der Waals surface area contributed by atoms with Crippen molar-refractivity contribution >= 4 is 17.0 Å². The minimum absolute atomic E-state index is 0.0717. The lowest BCUT2D eigenvalue weighted by atomic mass is 9.79. The van der Waals surface area contributed by atoms with Crippen LogP contribution in [0.4, 0.5) is 0 Å². The summed E-state index contributed by atoms with van der Waals surface area (Å²) in [6, 6.07) is 16.9. The molecule has 38 heavy (non-hydrogen) atoms. The third-order valence-corrected chi connectivity index (χ3v) is 8.20. The van der Waals surface area contributed by atoms with Crippen molar-refractivity contribution < 1.29 is 9.53 Å². The van der Waals surface area contributed by atoms with Gasteiger partial charge < -0.3 is 14.6 Å². The van der Waals surface area contributed by atoms with Crippen molar-refractivity contribution in [3.63, 3.8) is 0 Å². The van der Waals surface area contributed by atoms with Gasteiger partial charge in [-0.05, 0) is 68.8 Å². The van der Waals surface area contributed by atoms with E-state index in [0.29, 0.717) is 11.8 Å². The molecule has 0 saturated carbocycles. The third kappa shape index (κ3) is 4.98. The lowest BCUT2D eigenvalue weighted by molar-refractivity contribution is -0.141. The fourth-order valence-corrected chi connectivity index (χ4v) is 6.43. The molecule has 0 unspecified atom stereocenters. The number of nitrogens with one attached hydrogen (secondary N) is 1. The highest BCUT2D eigenvalue weighted by molar-refractivity contribution is 5.75. The Morgan fingerprint density at radius 2 is 1.95 bits per heavy atom. The Kier molecular flexibility index (Phi) is 6.53. The summed E-state index contributed by atoms with van der Waals surface area (Å²) in [5.74, 6) is -0.0933. The largest absolute Gasteiger partial charge is 0.469 e. The number of H-pyrrole nitrogens is 1. The van der Waals surface area contributed by atoms with Crippen LogP contribution < -0.4 is 0 Å². The van der Waals surface area contributed by atoms with E-state index in [-0.39, 0.29) is 11.9 Å². The van der Waals surface area contributed by atoms with Crippen LogP contribution in [0.3, 0.4) is 0 Å². The van der Waals surface area contributed by atoms with Crippen LogP contribution in [0.25, 0.3) is 16.7 Å². The molecule has 0 amide bonds. The SMILES string of the molecule is COC(=O)C[C@H](CN1CCC2(C1)CN(Cc1ccc3cc[nH]c3n1)C2)c1cccc(-n2nc(C)cc2C)c1. The topological polar surface area (TPSA) is 79.3 Å². The predicted octanol–water partition coefficient (Wildman–Crippen LogP) is 4.22. The highest BCUT2D eigenvalue weighted by Crippen LogP contribution is 2.41. The molecule has 4 aromatic rings. The number of fused-ring (bicyclic) bond motifs is 1. The number of aromatic amines is 1. The molecule has 8 heteroatoms. The third-order valence-electron chi connectivity index (χ3n) is 8.20. The zero-order valence-corrected chi connectivity index (χ0v) is 22.5. The quantitative estimate of drug-likeness (QED) is 0.356. The minimum Gasteiger partial charge on any atom is -0.469 e. The second-order valence-electron chi connectivity index (χ2n) is 11.3. The Morgan fingerprint density at radius 1 is 1.11 bits per heavy atom. The Bertz CT molecular complexity index is 1450. The molecule has 198 valence electrons. The average Bonchev–Trinajstić information content (AvgIpc) is 3.61. The number of esters is 1. The molecule has 0 aliphatic carbocycles. The summed E-state index contributed by atoms with van der Waals surface area (Å²) in [5.41, 5.74) is 6.70. The van der Waals surface area contributed by atoms with E-state index in [1.807, 2.05) is 17.8 Å². The van der Waals surface area contributed by atoms with Gasteiger partial charge in [0.05, 0.1) is 30.6 Å². The molecule has 0 radical (unpaired) electrons. The zero-order valence-electron chi connectivity index (χ0n) is 22.5. The number of carbonyl (C=O) groups excluding carboxylic acids is 1. The second kappa shape index (κ2) is 10.0. The maximum absolute atomic E-state index is 12.4. The van der Waals surface area contributed by atoms with Crippen molar-refractivity contribution in [3.8, 4) is 5.69 Å². The predicted molar refractivity (Wildman–Crippen MR) is 147 cm³/mol. The molecule has 5 heterocycles. The summed E-state index contributed by atoms with van der Waals surface area (Å²) in [6.45, 7) is 10.2. The zero-order chi connectivity index (χ0) is 26.3. The summed E-state index contributed by atoms with van der Waals surface area (Å²) in [4.78, 5) is 25.4. The summed E-state index contributed by atoms with van der Waals surface area (Å²) in [5, 5.41) is 5.81. The first-order valence-corrected chi connectivity index (χ1v) is 13.5. The van der Waals surface area contributed by atoms with Gasteiger partial charge in [0.15, 0.2) is 0 Å². The normalized spacial score (nSPS) is 18.2. The van der Waals surface area contributed by atoms with E-state index >= 15 is 0 Å². The van der Waals surface area contributed by atoms with Crippen molar-refractivity contribution in [2.45, 2.75) is 39.2 Å². The van der Waals surface area contributed by atoms with Crippen LogP contribution in [0.15, 0.2) is 54.7 Å². The molecular weight excluding hydrogens is 476 g/mol. The number of hydrogen-bond acceptors (Lipinski definition) is 6. The molecule has 3 aromatic heterocycles. The van der Waals surface area contributed by atoms with E-state index in [4.69, 9.17) is 9.72 Å². The van der Waals surface area contributed by atoms with Crippen molar-refractivity contribution in [1.82, 2.24) is 29.5 Å². The number of aromatic nitrogens is 4. The monoisotopic (exact) mass is 512 g/mol. The van der Waals surface area contributed by atoms with E-state index in [0.717, 1.165) is 78.6 Å². The van der Waals surface area contributed by atoms with E-state index in [9.17, 15) is 4.79 Å². The molecule has 1 spiro atoms. The van der Waals surface area contributed by atoms with Crippen molar-refractivity contribution in [1.29, 1.82) is 0 Å². The van der Waals surface area contributed by atoms with Crippen molar-refractivity contribution in [2.75, 3.05) is 39.8 Å². The number of pyridine rings is 1. The van der Waals surface area contributed by atoms with E-state index in [2.05, 4.69) is 75.3 Å². The summed E-state index contributed by atoms with van der Waals surface area (Å²) < 4.78 is 7.06. The van der Waals surface area contributed by atoms with Gasteiger partial charge in [-0.1, -0.05) is 12.1 Å². The van der Waals surface area contributed by atoms with Crippen LogP contribution >= 0.6 is 0 Å². The van der Waals surface area contributed by atoms with Crippen LogP contribution in [0.2, 0.25) is 0 Å². The first-order chi connectivity index (χ1) is 18.4. The number of methoxy groups -OCH3 is 1. The van der Waals surface area contributed by atoms with Gasteiger partial charge in [-0.25, -0.2) is 9.67 Å². The molecule has 6 rings (SSSR count). The van der Waals surface area contributed by atoms with Crippen LogP contribution in [0.1, 0.15) is 41.4 Å². The Labute approximate surface area is 223 Å². The molecular formula is C30H36N6O2. The first kappa shape index (κ1) is 24.8. The van der Waals surface area contributed by atoms with Gasteiger partial charge >= 0.3 is 5.97 Å². The van der Waals surface area contributed by atoms with Gasteiger partial charge in [0.25, 0.3) is 0 Å². The number of hydrogen-bond donors (Lipinski definition) is 1. The Balaban J connectivity index is 1.11. The number of carbonyl (C=O) groups is 1. The van der Waals surface area contributed by atoms with Gasteiger partial charge in [0.1, 0.15) is 5.65 Å². The van der Waals surface area contributed by atoms with Crippen LogP contribution in [-0.4, -0.2) is 75.4 Å². The molecule has 0 bridgehead atoms. The van der Waals surface area contributed by atoms with Gasteiger partial charge in [-0.3, -0.25) is 9.69 Å². The highest BCUT2D eigenvalue weighted by Gasteiger charge is 2.47. The standard InChI is InChI=1S/C30H36N6O2/c1-21-13-22(2)36(33-21)27-6-4-5-24(14-27)25(15-28(37)38-3)16-34-12-10-30(18-34)19-35(20-30)17-26-8-7-23-9-11-31-29(23)32-26/h4-9,11,13-14,25H,10,12,15-20H2,1-3H3,(H,31,32)/t25-/m1/s1. The maximum Gasteiger partial charge on any atom is 0.306 e. The molecule has 1 N–H and O–H groups in total. The molecule has 2 fully saturated rings. The Morgan fingerprint density at radius 3 is 2.74 bits per heavy atom. The number of nitrogens with zero attached hydrogens (tertiary/aromatic N) is 5. The second-order valence-corrected chi connectivity index (χ2v) is 11.3. The number of ether oxygens (including phenoxy) is 1. The summed E-state index contributed by atoms with van der Waals surface area (Å²) >= 11 is 0. The molecule has 2 saturated heterocycles. The number of rotatable bonds is 8. The van der Waals surface area contributed by atoms with E-state index < -0.39 is 0 Å². The highest BCUT2D eigenvalue weighted by atomic mass is 16.5. The van der Waals surface area contributed by atoms with Gasteiger partial charge in [0.2, 0.25) is 0 Å². The average molecular weight is 513 g/mol. The summed E-state index contributed by atoms with van der Waals surface area (Å²) in [6.07, 6.45) is 3.51. The fraction of sp³-hybridized carbons (Fsp3) is 0.433. The lowest BCUT2D eigenvalue weighted by Gasteiger charge is -2.48. The number of likely N-dealkylation sites (tertiary alicyclic amines) is 2. The lowest BCUT2D eigenvalue weighted by Crippen LogP contribution is -2.57. The molecule has 8 nitrogen and oxygen atoms in total. The van der Waals surface area contributed by atoms with Gasteiger partial charge in [0, 0.05) is 61.3 Å². The first-order valence-electron chi connectivity index (χ1n) is 13.5. The molecule has 1 atom stereocenters. The van der Waals surface area contributed by atoms with Crippen molar-refractivity contribution in [3.05, 3.63) is 77.4 Å². The van der Waals surface area contributed by atoms with Gasteiger partial charge in [-0.2, -0.15) is 5.10 Å². The molecule has 2 aliphatic heterocycles. The maximum atomic E-state index is 12.4. The molecule has 2 aliphatic rings. The van der Waals surface area contributed by atoms with Crippen LogP contribution in [0, 0.1) is 19.3 Å². The number of aryl methyl sites for hydroxylation is 2. The smallest absolute Gasteiger partial charge is 0.306 e. The fourth-order valence-electron chi connectivity index (χ4n) is 6.43. The molecule has 1 aromatic carbocycles. The number of benzene rings is 1. The van der Waals surface area contributed by atoms with Crippen molar-refractivity contribution in [2.24, 2.45) is 5.41 Å². The van der Waals surface area contributed by atoms with Crippen LogP contribution in [0.5, 0.6) is 0 Å². The van der Waals surface area contributed by atoms with E-state index in [1.54, 1.807) is 0 Å². The summed E-state index contributed by atoms with van der Waals surface area (Å²) in [7, 11) is 1.47.